The molecule has 4 aliphatic carbocycles. The number of hydrogen-bond donors (Lipinski definition) is 0. The highest BCUT2D eigenvalue weighted by molar-refractivity contribution is 5.94. The Balaban J connectivity index is 1.20. The minimum atomic E-state index is -0.650. The van der Waals surface area contributed by atoms with E-state index >= 15 is 0 Å². The van der Waals surface area contributed by atoms with Gasteiger partial charge in [0.2, 0.25) is 0 Å². The maximum Gasteiger partial charge on any atom is 0.302 e. The summed E-state index contributed by atoms with van der Waals surface area (Å²) in [4.78, 5) is 25.9. The summed E-state index contributed by atoms with van der Waals surface area (Å²) in [6.45, 7) is 10.8. The van der Waals surface area contributed by atoms with E-state index in [1.165, 1.54) is 12.5 Å². The molecule has 0 N–H and O–H groups in total. The van der Waals surface area contributed by atoms with Crippen molar-refractivity contribution in [2.45, 2.75) is 115 Å². The molecule has 192 valence electrons. The summed E-state index contributed by atoms with van der Waals surface area (Å²) in [5.41, 5.74) is 0.0925. The second kappa shape index (κ2) is 6.79. The molecule has 35 heavy (non-hydrogen) atoms. The molecule has 6 fully saturated rings. The van der Waals surface area contributed by atoms with Gasteiger partial charge in [-0.15, -0.1) is 0 Å². The molecule has 0 unspecified atom stereocenters. The van der Waals surface area contributed by atoms with E-state index < -0.39 is 16.8 Å². The van der Waals surface area contributed by atoms with E-state index in [0.717, 1.165) is 44.9 Å². The van der Waals surface area contributed by atoms with Gasteiger partial charge in [-0.1, -0.05) is 19.9 Å². The second-order valence-electron chi connectivity index (χ2n) is 13.7. The van der Waals surface area contributed by atoms with Gasteiger partial charge in [0.05, 0.1) is 12.2 Å². The van der Waals surface area contributed by atoms with Gasteiger partial charge >= 0.3 is 5.97 Å². The van der Waals surface area contributed by atoms with E-state index in [1.54, 1.807) is 0 Å². The van der Waals surface area contributed by atoms with Gasteiger partial charge in [-0.2, -0.15) is 0 Å². The summed E-state index contributed by atoms with van der Waals surface area (Å²) in [6, 6.07) is 0. The van der Waals surface area contributed by atoms with Crippen molar-refractivity contribution in [2.75, 3.05) is 6.61 Å². The largest absolute Gasteiger partial charge is 0.463 e. The Morgan fingerprint density at radius 1 is 1.11 bits per heavy atom. The zero-order valence-electron chi connectivity index (χ0n) is 21.9. The fraction of sp³-hybridized carbons (Fsp3) is 0.862. The molecular weight excluding hydrogens is 444 g/mol. The standard InChI is InChI=1S/C29H40O6/c1-16-28(11-10-25(3,4)35-28)32-15-27-22(14-24-29(16,27)34-24)20-7-6-18-12-19(33-17(2)30)8-9-26(18,5)21(20)13-23(27)31/h14,16,18-21,24H,6-13,15H2,1-5H3/t16-,18+,19+,20-,21+,24-,26+,27-,28+,29-/m1/s1. The number of ketones is 1. The third kappa shape index (κ3) is 2.67. The number of Topliss-reactive ketones (excluding diaryl/α,β-unsaturated/α-hetero) is 1. The van der Waals surface area contributed by atoms with Gasteiger partial charge in [-0.25, -0.2) is 0 Å². The Hall–Kier alpha value is -1.24. The molecule has 3 aliphatic heterocycles. The second-order valence-corrected chi connectivity index (χ2v) is 13.7. The maximum absolute atomic E-state index is 14.3. The van der Waals surface area contributed by atoms with E-state index in [1.807, 2.05) is 0 Å². The van der Waals surface area contributed by atoms with Crippen LogP contribution in [0.5, 0.6) is 0 Å². The first-order valence-corrected chi connectivity index (χ1v) is 13.9. The third-order valence-corrected chi connectivity index (χ3v) is 11.8. The Morgan fingerprint density at radius 3 is 2.63 bits per heavy atom. The number of epoxide rings is 1. The monoisotopic (exact) mass is 484 g/mol. The lowest BCUT2D eigenvalue weighted by molar-refractivity contribution is -0.318. The molecule has 10 atom stereocenters. The van der Waals surface area contributed by atoms with Gasteiger partial charge in [-0.3, -0.25) is 9.59 Å². The molecule has 3 spiro atoms. The van der Waals surface area contributed by atoms with Crippen LogP contribution in [0.1, 0.15) is 86.0 Å². The molecule has 0 radical (unpaired) electrons. The summed E-state index contributed by atoms with van der Waals surface area (Å²) in [6.07, 6.45) is 9.89. The molecule has 3 saturated carbocycles. The Labute approximate surface area is 208 Å². The molecule has 0 aromatic rings. The van der Waals surface area contributed by atoms with Crippen molar-refractivity contribution < 1.29 is 28.5 Å². The first-order valence-electron chi connectivity index (χ1n) is 13.9. The predicted octanol–water partition coefficient (Wildman–Crippen LogP) is 4.74. The molecular formula is C29H40O6. The Bertz CT molecular complexity index is 1030. The SMILES string of the molecule is CC(=O)O[C@H]1CC[C@@]2(C)[C@@H](CC[C@H]3C4=C[C@H]5O[C@]56[C@H](C)[C@@]5(CCC(C)(C)O5)OC[C@]46C(=O)C[C@@H]32)C1. The van der Waals surface area contributed by atoms with Crippen LogP contribution in [0, 0.1) is 34.5 Å². The van der Waals surface area contributed by atoms with Crippen molar-refractivity contribution in [1.82, 2.24) is 0 Å². The number of fused-ring (bicyclic) bond motifs is 4. The topological polar surface area (TPSA) is 74.4 Å². The fourth-order valence-electron chi connectivity index (χ4n) is 9.98. The quantitative estimate of drug-likeness (QED) is 0.304. The molecule has 6 heteroatoms. The van der Waals surface area contributed by atoms with Crippen LogP contribution in [0.4, 0.5) is 0 Å². The highest BCUT2D eigenvalue weighted by Crippen LogP contribution is 2.75. The zero-order valence-corrected chi connectivity index (χ0v) is 21.9. The molecule has 7 aliphatic rings. The molecule has 0 bridgehead atoms. The fourth-order valence-corrected chi connectivity index (χ4v) is 9.98. The Morgan fingerprint density at radius 2 is 1.91 bits per heavy atom. The lowest BCUT2D eigenvalue weighted by Gasteiger charge is -2.61. The summed E-state index contributed by atoms with van der Waals surface area (Å²) >= 11 is 0. The number of carbonyl (C=O) groups excluding carboxylic acids is 2. The third-order valence-electron chi connectivity index (χ3n) is 11.8. The maximum atomic E-state index is 14.3. The molecule has 0 aromatic carbocycles. The van der Waals surface area contributed by atoms with Gasteiger partial charge in [0.15, 0.2) is 5.79 Å². The van der Waals surface area contributed by atoms with Crippen molar-refractivity contribution in [3.05, 3.63) is 11.6 Å². The van der Waals surface area contributed by atoms with Crippen LogP contribution < -0.4 is 0 Å². The zero-order chi connectivity index (χ0) is 24.6. The lowest BCUT2D eigenvalue weighted by atomic mass is 9.44. The van der Waals surface area contributed by atoms with Crippen LogP contribution in [0.15, 0.2) is 11.6 Å². The van der Waals surface area contributed by atoms with Gasteiger partial charge < -0.3 is 18.9 Å². The summed E-state index contributed by atoms with van der Waals surface area (Å²) in [5.74, 6) is 0.780. The van der Waals surface area contributed by atoms with Gasteiger partial charge in [-0.05, 0) is 81.1 Å². The van der Waals surface area contributed by atoms with Crippen molar-refractivity contribution >= 4 is 11.8 Å². The first-order chi connectivity index (χ1) is 16.5. The van der Waals surface area contributed by atoms with E-state index in [-0.39, 0.29) is 35.1 Å². The minimum Gasteiger partial charge on any atom is -0.463 e. The average Bonchev–Trinajstić information content (AvgIpc) is 3.30. The predicted molar refractivity (Wildman–Crippen MR) is 127 cm³/mol. The van der Waals surface area contributed by atoms with Crippen LogP contribution in [0.3, 0.4) is 0 Å². The highest BCUT2D eigenvalue weighted by Gasteiger charge is 2.85. The lowest BCUT2D eigenvalue weighted by Crippen LogP contribution is -2.67. The van der Waals surface area contributed by atoms with Crippen LogP contribution in [-0.2, 0) is 28.5 Å². The molecule has 0 aromatic heterocycles. The molecule has 3 heterocycles. The molecule has 3 saturated heterocycles. The normalized spacial score (nSPS) is 55.2. The molecule has 7 rings (SSSR count). The van der Waals surface area contributed by atoms with E-state index in [0.29, 0.717) is 36.6 Å². The number of esters is 1. The van der Waals surface area contributed by atoms with Gasteiger partial charge in [0.1, 0.15) is 29.0 Å². The average molecular weight is 485 g/mol. The highest BCUT2D eigenvalue weighted by atomic mass is 16.7. The van der Waals surface area contributed by atoms with Gasteiger partial charge in [0, 0.05) is 25.7 Å². The van der Waals surface area contributed by atoms with E-state index in [4.69, 9.17) is 18.9 Å². The number of rotatable bonds is 1. The summed E-state index contributed by atoms with van der Waals surface area (Å²) in [5, 5.41) is 0. The summed E-state index contributed by atoms with van der Waals surface area (Å²) in [7, 11) is 0. The number of hydrogen-bond acceptors (Lipinski definition) is 6. The molecule has 0 amide bonds. The van der Waals surface area contributed by atoms with Crippen molar-refractivity contribution in [3.63, 3.8) is 0 Å². The van der Waals surface area contributed by atoms with Gasteiger partial charge in [0.25, 0.3) is 0 Å². The Kier molecular flexibility index (Phi) is 4.45. The van der Waals surface area contributed by atoms with Crippen molar-refractivity contribution in [3.8, 4) is 0 Å². The van der Waals surface area contributed by atoms with E-state index in [9.17, 15) is 9.59 Å². The van der Waals surface area contributed by atoms with Crippen LogP contribution in [0.25, 0.3) is 0 Å². The van der Waals surface area contributed by atoms with Crippen molar-refractivity contribution in [1.29, 1.82) is 0 Å². The van der Waals surface area contributed by atoms with Crippen LogP contribution in [0.2, 0.25) is 0 Å². The number of ether oxygens (including phenoxy) is 4. The van der Waals surface area contributed by atoms with E-state index in [2.05, 4.69) is 33.8 Å². The van der Waals surface area contributed by atoms with Crippen molar-refractivity contribution in [2.24, 2.45) is 34.5 Å². The summed E-state index contributed by atoms with van der Waals surface area (Å²) < 4.78 is 25.3. The molecule has 6 nitrogen and oxygen atoms in total. The minimum absolute atomic E-state index is 0.00789. The van der Waals surface area contributed by atoms with Crippen LogP contribution in [-0.4, -0.2) is 47.6 Å². The smallest absolute Gasteiger partial charge is 0.302 e. The van der Waals surface area contributed by atoms with Crippen LogP contribution >= 0.6 is 0 Å². The first kappa shape index (κ1) is 22.9. The number of carbonyl (C=O) groups is 2.